The minimum Gasteiger partial charge on any atom is -0.493 e. The SMILES string of the molecule is COc1ccc(C[C@]2(CCC(=O)NCCc3nc(-c4ccccc4)n[nH]3)CCC(=O)N2)cc1OC. The summed E-state index contributed by atoms with van der Waals surface area (Å²) in [5, 5.41) is 13.3. The second-order valence-corrected chi connectivity index (χ2v) is 8.77. The van der Waals surface area contributed by atoms with Gasteiger partial charge in [0.1, 0.15) is 5.82 Å². The Balaban J connectivity index is 1.30. The van der Waals surface area contributed by atoms with Crippen LogP contribution in [0.1, 0.15) is 37.1 Å². The van der Waals surface area contributed by atoms with Crippen molar-refractivity contribution in [3.8, 4) is 22.9 Å². The first-order valence-electron chi connectivity index (χ1n) is 11.8. The molecule has 9 nitrogen and oxygen atoms in total. The van der Waals surface area contributed by atoms with Crippen LogP contribution in [-0.2, 0) is 22.4 Å². The maximum absolute atomic E-state index is 12.6. The number of nitrogens with zero attached hydrogens (tertiary/aromatic N) is 2. The number of aromatic amines is 1. The van der Waals surface area contributed by atoms with Crippen molar-refractivity contribution in [1.29, 1.82) is 0 Å². The molecular weight excluding hydrogens is 446 g/mol. The van der Waals surface area contributed by atoms with Crippen LogP contribution in [0, 0.1) is 0 Å². The van der Waals surface area contributed by atoms with E-state index < -0.39 is 5.54 Å². The molecule has 1 aliphatic heterocycles. The first-order valence-corrected chi connectivity index (χ1v) is 11.8. The smallest absolute Gasteiger partial charge is 0.220 e. The second kappa shape index (κ2) is 11.0. The number of H-pyrrole nitrogens is 1. The number of carbonyl (C=O) groups excluding carboxylic acids is 2. The maximum Gasteiger partial charge on any atom is 0.220 e. The Hall–Kier alpha value is -3.88. The molecule has 1 fully saturated rings. The predicted octanol–water partition coefficient (Wildman–Crippen LogP) is 2.82. The Morgan fingerprint density at radius 3 is 2.63 bits per heavy atom. The van der Waals surface area contributed by atoms with E-state index >= 15 is 0 Å². The number of hydrogen-bond donors (Lipinski definition) is 3. The summed E-state index contributed by atoms with van der Waals surface area (Å²) in [5.41, 5.74) is 1.51. The van der Waals surface area contributed by atoms with Crippen molar-refractivity contribution < 1.29 is 19.1 Å². The maximum atomic E-state index is 12.6. The fourth-order valence-electron chi connectivity index (χ4n) is 4.45. The van der Waals surface area contributed by atoms with Gasteiger partial charge in [-0.05, 0) is 37.0 Å². The zero-order valence-electron chi connectivity index (χ0n) is 20.1. The van der Waals surface area contributed by atoms with Crippen LogP contribution in [-0.4, -0.2) is 53.3 Å². The summed E-state index contributed by atoms with van der Waals surface area (Å²) in [6.45, 7) is 0.456. The van der Waals surface area contributed by atoms with Gasteiger partial charge in [0.05, 0.1) is 14.2 Å². The van der Waals surface area contributed by atoms with Crippen LogP contribution in [0.5, 0.6) is 11.5 Å². The van der Waals surface area contributed by atoms with E-state index in [0.717, 1.165) is 17.0 Å². The summed E-state index contributed by atoms with van der Waals surface area (Å²) in [7, 11) is 3.19. The van der Waals surface area contributed by atoms with Gasteiger partial charge in [0.15, 0.2) is 17.3 Å². The molecule has 2 amide bonds. The van der Waals surface area contributed by atoms with Crippen molar-refractivity contribution in [2.75, 3.05) is 20.8 Å². The molecule has 1 saturated heterocycles. The van der Waals surface area contributed by atoms with E-state index in [1.807, 2.05) is 48.5 Å². The van der Waals surface area contributed by atoms with E-state index in [1.165, 1.54) is 0 Å². The molecule has 1 aromatic heterocycles. The zero-order chi connectivity index (χ0) is 24.7. The van der Waals surface area contributed by atoms with E-state index in [4.69, 9.17) is 9.47 Å². The molecular formula is C26H31N5O4. The molecule has 0 aliphatic carbocycles. The van der Waals surface area contributed by atoms with Gasteiger partial charge in [0, 0.05) is 36.9 Å². The van der Waals surface area contributed by atoms with Crippen LogP contribution in [0.3, 0.4) is 0 Å². The predicted molar refractivity (Wildman–Crippen MR) is 131 cm³/mol. The van der Waals surface area contributed by atoms with Crippen molar-refractivity contribution in [3.63, 3.8) is 0 Å². The molecule has 4 rings (SSSR count). The lowest BCUT2D eigenvalue weighted by Gasteiger charge is -2.29. The van der Waals surface area contributed by atoms with Crippen LogP contribution in [0.15, 0.2) is 48.5 Å². The van der Waals surface area contributed by atoms with Crippen molar-refractivity contribution in [2.24, 2.45) is 0 Å². The third kappa shape index (κ3) is 6.17. The molecule has 0 bridgehead atoms. The highest BCUT2D eigenvalue weighted by Crippen LogP contribution is 2.33. The van der Waals surface area contributed by atoms with Crippen molar-refractivity contribution >= 4 is 11.8 Å². The minimum atomic E-state index is -0.455. The van der Waals surface area contributed by atoms with E-state index in [0.29, 0.717) is 62.4 Å². The normalized spacial score (nSPS) is 17.1. The van der Waals surface area contributed by atoms with Crippen molar-refractivity contribution in [1.82, 2.24) is 25.8 Å². The molecule has 0 unspecified atom stereocenters. The van der Waals surface area contributed by atoms with Crippen LogP contribution in [0.25, 0.3) is 11.4 Å². The Kier molecular flexibility index (Phi) is 7.64. The third-order valence-electron chi connectivity index (χ3n) is 6.30. The molecule has 9 heteroatoms. The van der Waals surface area contributed by atoms with Gasteiger partial charge in [-0.1, -0.05) is 36.4 Å². The summed E-state index contributed by atoms with van der Waals surface area (Å²) < 4.78 is 10.7. The number of aromatic nitrogens is 3. The van der Waals surface area contributed by atoms with Gasteiger partial charge in [-0.15, -0.1) is 0 Å². The van der Waals surface area contributed by atoms with Gasteiger partial charge in [-0.3, -0.25) is 14.7 Å². The molecule has 1 aliphatic rings. The molecule has 2 aromatic carbocycles. The fraction of sp³-hybridized carbons (Fsp3) is 0.385. The Bertz CT molecular complexity index is 1160. The van der Waals surface area contributed by atoms with Crippen molar-refractivity contribution in [2.45, 2.75) is 44.1 Å². The number of methoxy groups -OCH3 is 2. The minimum absolute atomic E-state index is 0.0189. The highest BCUT2D eigenvalue weighted by molar-refractivity contribution is 5.80. The number of amides is 2. The largest absolute Gasteiger partial charge is 0.493 e. The monoisotopic (exact) mass is 477 g/mol. The average molecular weight is 478 g/mol. The first kappa shape index (κ1) is 24.3. The van der Waals surface area contributed by atoms with Crippen LogP contribution in [0.2, 0.25) is 0 Å². The van der Waals surface area contributed by atoms with Crippen LogP contribution < -0.4 is 20.1 Å². The number of benzene rings is 2. The third-order valence-corrected chi connectivity index (χ3v) is 6.30. The number of rotatable bonds is 11. The van der Waals surface area contributed by atoms with Gasteiger partial charge in [0.2, 0.25) is 11.8 Å². The summed E-state index contributed by atoms with van der Waals surface area (Å²) in [6.07, 6.45) is 3.20. The van der Waals surface area contributed by atoms with Gasteiger partial charge in [-0.2, -0.15) is 5.10 Å². The van der Waals surface area contributed by atoms with Gasteiger partial charge < -0.3 is 20.1 Å². The summed E-state index contributed by atoms with van der Waals surface area (Å²) in [6, 6.07) is 15.5. The molecule has 0 spiro atoms. The van der Waals surface area contributed by atoms with E-state index in [-0.39, 0.29) is 11.8 Å². The quantitative estimate of drug-likeness (QED) is 0.391. The lowest BCUT2D eigenvalue weighted by molar-refractivity contribution is -0.122. The molecule has 3 aromatic rings. The molecule has 0 radical (unpaired) electrons. The van der Waals surface area contributed by atoms with Gasteiger partial charge in [-0.25, -0.2) is 4.98 Å². The molecule has 35 heavy (non-hydrogen) atoms. The van der Waals surface area contributed by atoms with Crippen LogP contribution in [0.4, 0.5) is 0 Å². The summed E-state index contributed by atoms with van der Waals surface area (Å²) >= 11 is 0. The molecule has 0 saturated carbocycles. The highest BCUT2D eigenvalue weighted by atomic mass is 16.5. The summed E-state index contributed by atoms with van der Waals surface area (Å²) in [4.78, 5) is 29.1. The van der Waals surface area contributed by atoms with Gasteiger partial charge in [0.25, 0.3) is 0 Å². The van der Waals surface area contributed by atoms with E-state index in [9.17, 15) is 9.59 Å². The Labute approximate surface area is 204 Å². The molecule has 2 heterocycles. The molecule has 184 valence electrons. The Morgan fingerprint density at radius 1 is 1.11 bits per heavy atom. The number of hydrogen-bond acceptors (Lipinski definition) is 6. The standard InChI is InChI=1S/C26H31N5O4/c1-34-20-9-8-18(16-21(20)35-2)17-26(14-11-24(33)29-26)13-10-23(32)27-15-12-22-28-25(31-30-22)19-6-4-3-5-7-19/h3-9,16H,10-15,17H2,1-2H3,(H,27,32)(H,29,33)(H,28,30,31)/t26-/m0/s1. The highest BCUT2D eigenvalue weighted by Gasteiger charge is 2.38. The lowest BCUT2D eigenvalue weighted by atomic mass is 9.85. The summed E-state index contributed by atoms with van der Waals surface area (Å²) in [5.74, 6) is 2.62. The van der Waals surface area contributed by atoms with Crippen molar-refractivity contribution in [3.05, 3.63) is 59.9 Å². The average Bonchev–Trinajstić information content (AvgIpc) is 3.50. The number of carbonyl (C=O) groups is 2. The molecule has 1 atom stereocenters. The fourth-order valence-corrected chi connectivity index (χ4v) is 4.45. The zero-order valence-corrected chi connectivity index (χ0v) is 20.1. The van der Waals surface area contributed by atoms with Gasteiger partial charge >= 0.3 is 0 Å². The Morgan fingerprint density at radius 2 is 1.91 bits per heavy atom. The second-order valence-electron chi connectivity index (χ2n) is 8.77. The number of nitrogens with one attached hydrogen (secondary N) is 3. The first-order chi connectivity index (χ1) is 17.0. The van der Waals surface area contributed by atoms with E-state index in [2.05, 4.69) is 25.8 Å². The van der Waals surface area contributed by atoms with E-state index in [1.54, 1.807) is 14.2 Å². The lowest BCUT2D eigenvalue weighted by Crippen LogP contribution is -2.44. The molecule has 3 N–H and O–H groups in total. The number of ether oxygens (including phenoxy) is 2. The van der Waals surface area contributed by atoms with Crippen LogP contribution >= 0.6 is 0 Å². The topological polar surface area (TPSA) is 118 Å².